The highest BCUT2D eigenvalue weighted by Gasteiger charge is 2.33. The summed E-state index contributed by atoms with van der Waals surface area (Å²) in [5.41, 5.74) is 1.26. The number of carbonyl (C=O) groups excluding carboxylic acids is 1. The Hall–Kier alpha value is -1.82. The fourth-order valence-electron chi connectivity index (χ4n) is 3.37. The van der Waals surface area contributed by atoms with Gasteiger partial charge in [0.05, 0.1) is 24.0 Å². The van der Waals surface area contributed by atoms with Crippen molar-refractivity contribution in [2.45, 2.75) is 45.4 Å². The monoisotopic (exact) mass is 292 g/mol. The molecule has 2 atom stereocenters. The third-order valence-corrected chi connectivity index (χ3v) is 4.47. The van der Waals surface area contributed by atoms with E-state index in [0.29, 0.717) is 24.5 Å². The van der Waals surface area contributed by atoms with Crippen molar-refractivity contribution in [2.24, 2.45) is 0 Å². The second kappa shape index (κ2) is 5.18. The van der Waals surface area contributed by atoms with Crippen LogP contribution in [0.4, 0.5) is 0 Å². The minimum absolute atomic E-state index is 0.0668. The summed E-state index contributed by atoms with van der Waals surface area (Å²) in [6.45, 7) is 5.63. The molecule has 0 saturated carbocycles. The summed E-state index contributed by atoms with van der Waals surface area (Å²) in [5, 5.41) is 9.38. The topological polar surface area (TPSA) is 71.8 Å². The average Bonchev–Trinajstić information content (AvgIpc) is 3.02. The van der Waals surface area contributed by atoms with Gasteiger partial charge < -0.3 is 19.3 Å². The third-order valence-electron chi connectivity index (χ3n) is 4.47. The maximum Gasteiger partial charge on any atom is 0.337 e. The number of hydrogen-bond acceptors (Lipinski definition) is 3. The molecule has 1 unspecified atom stereocenters. The highest BCUT2D eigenvalue weighted by atomic mass is 16.5. The van der Waals surface area contributed by atoms with Crippen LogP contribution in [0.3, 0.4) is 0 Å². The molecule has 6 heteroatoms. The molecule has 21 heavy (non-hydrogen) atoms. The molecule has 1 aromatic heterocycles. The van der Waals surface area contributed by atoms with Crippen molar-refractivity contribution >= 4 is 11.9 Å². The molecular weight excluding hydrogens is 272 g/mol. The summed E-state index contributed by atoms with van der Waals surface area (Å²) in [6, 6.07) is 1.73. The smallest absolute Gasteiger partial charge is 0.337 e. The number of carbonyl (C=O) groups is 2. The van der Waals surface area contributed by atoms with E-state index in [2.05, 4.69) is 0 Å². The number of fused-ring (bicyclic) bond motifs is 1. The van der Waals surface area contributed by atoms with E-state index in [4.69, 9.17) is 4.74 Å². The fraction of sp³-hybridized carbons (Fsp3) is 0.600. The molecule has 6 nitrogen and oxygen atoms in total. The van der Waals surface area contributed by atoms with Gasteiger partial charge in [0.2, 0.25) is 0 Å². The van der Waals surface area contributed by atoms with E-state index in [9.17, 15) is 14.7 Å². The highest BCUT2D eigenvalue weighted by molar-refractivity contribution is 5.98. The van der Waals surface area contributed by atoms with Crippen LogP contribution in [0.15, 0.2) is 6.07 Å². The number of carboxylic acids is 1. The van der Waals surface area contributed by atoms with Gasteiger partial charge in [0.15, 0.2) is 0 Å². The number of aromatic carboxylic acids is 1. The van der Waals surface area contributed by atoms with Crippen LogP contribution in [0.25, 0.3) is 0 Å². The Kier molecular flexibility index (Phi) is 3.49. The van der Waals surface area contributed by atoms with Crippen LogP contribution in [0, 0.1) is 0 Å². The maximum absolute atomic E-state index is 12.7. The van der Waals surface area contributed by atoms with Gasteiger partial charge in [0.1, 0.15) is 5.69 Å². The van der Waals surface area contributed by atoms with Crippen molar-refractivity contribution in [2.75, 3.05) is 13.2 Å². The van der Waals surface area contributed by atoms with Gasteiger partial charge in [-0.25, -0.2) is 4.79 Å². The van der Waals surface area contributed by atoms with Gasteiger partial charge >= 0.3 is 5.97 Å². The van der Waals surface area contributed by atoms with Crippen LogP contribution >= 0.6 is 0 Å². The van der Waals surface area contributed by atoms with Gasteiger partial charge in [-0.2, -0.15) is 0 Å². The molecule has 0 bridgehead atoms. The third kappa shape index (κ3) is 2.23. The van der Waals surface area contributed by atoms with Gasteiger partial charge in [-0.15, -0.1) is 0 Å². The minimum atomic E-state index is -1.01. The zero-order chi connectivity index (χ0) is 15.1. The molecule has 0 aliphatic carbocycles. The summed E-state index contributed by atoms with van der Waals surface area (Å²) in [7, 11) is 0. The van der Waals surface area contributed by atoms with Crippen LogP contribution in [0.5, 0.6) is 0 Å². The molecule has 1 fully saturated rings. The Labute approximate surface area is 123 Å². The number of rotatable bonds is 2. The van der Waals surface area contributed by atoms with Gasteiger partial charge in [0, 0.05) is 19.1 Å². The molecule has 3 rings (SSSR count). The summed E-state index contributed by atoms with van der Waals surface area (Å²) in [5.74, 6) is -1.08. The summed E-state index contributed by atoms with van der Waals surface area (Å²) in [6.07, 6.45) is 1.71. The lowest BCUT2D eigenvalue weighted by Gasteiger charge is -2.26. The van der Waals surface area contributed by atoms with E-state index in [-0.39, 0.29) is 23.6 Å². The summed E-state index contributed by atoms with van der Waals surface area (Å²) >= 11 is 0. The van der Waals surface area contributed by atoms with Crippen molar-refractivity contribution < 1.29 is 19.4 Å². The van der Waals surface area contributed by atoms with E-state index < -0.39 is 5.97 Å². The first kappa shape index (κ1) is 14.1. The van der Waals surface area contributed by atoms with Crippen molar-refractivity contribution in [3.8, 4) is 0 Å². The van der Waals surface area contributed by atoms with E-state index in [0.717, 1.165) is 19.4 Å². The van der Waals surface area contributed by atoms with Gasteiger partial charge in [-0.3, -0.25) is 4.79 Å². The van der Waals surface area contributed by atoms with Crippen molar-refractivity contribution in [1.29, 1.82) is 0 Å². The van der Waals surface area contributed by atoms with Crippen LogP contribution in [-0.4, -0.2) is 45.6 Å². The zero-order valence-electron chi connectivity index (χ0n) is 12.3. The minimum Gasteiger partial charge on any atom is -0.478 e. The van der Waals surface area contributed by atoms with Crippen molar-refractivity contribution in [1.82, 2.24) is 9.47 Å². The Morgan fingerprint density at radius 1 is 1.33 bits per heavy atom. The van der Waals surface area contributed by atoms with Crippen LogP contribution in [-0.2, 0) is 11.3 Å². The van der Waals surface area contributed by atoms with Gasteiger partial charge in [-0.05, 0) is 32.8 Å². The van der Waals surface area contributed by atoms with Crippen molar-refractivity contribution in [3.05, 3.63) is 23.0 Å². The first-order chi connectivity index (χ1) is 10.0. The lowest BCUT2D eigenvalue weighted by Crippen LogP contribution is -2.36. The first-order valence-electron chi connectivity index (χ1n) is 7.40. The zero-order valence-corrected chi connectivity index (χ0v) is 12.3. The molecule has 1 aromatic rings. The number of hydrogen-bond donors (Lipinski definition) is 1. The van der Waals surface area contributed by atoms with E-state index in [1.165, 1.54) is 6.07 Å². The van der Waals surface area contributed by atoms with Gasteiger partial charge in [-0.1, -0.05) is 0 Å². The van der Waals surface area contributed by atoms with E-state index >= 15 is 0 Å². The number of likely N-dealkylation sites (tertiary alicyclic amines) is 1. The summed E-state index contributed by atoms with van der Waals surface area (Å²) in [4.78, 5) is 26.0. The molecule has 1 N–H and O–H groups in total. The number of amides is 1. The quantitative estimate of drug-likeness (QED) is 0.903. The largest absolute Gasteiger partial charge is 0.478 e. The van der Waals surface area contributed by atoms with Crippen molar-refractivity contribution in [3.63, 3.8) is 0 Å². The Bertz CT molecular complexity index is 593. The molecule has 0 radical (unpaired) electrons. The van der Waals surface area contributed by atoms with Crippen LogP contribution in [0.2, 0.25) is 0 Å². The predicted molar refractivity (Wildman–Crippen MR) is 75.5 cm³/mol. The number of carboxylic acid groups (broad SMARTS) is 1. The SMILES string of the molecule is CC1OCCn2c(C(=O)N3CCC[C@@H]3C)cc(C(=O)O)c21. The molecule has 0 spiro atoms. The van der Waals surface area contributed by atoms with E-state index in [1.807, 2.05) is 23.3 Å². The summed E-state index contributed by atoms with van der Waals surface area (Å²) < 4.78 is 7.35. The van der Waals surface area contributed by atoms with E-state index in [1.54, 1.807) is 0 Å². The lowest BCUT2D eigenvalue weighted by atomic mass is 10.1. The highest BCUT2D eigenvalue weighted by Crippen LogP contribution is 2.30. The molecule has 0 aromatic carbocycles. The Morgan fingerprint density at radius 2 is 2.10 bits per heavy atom. The van der Waals surface area contributed by atoms with Crippen LogP contribution in [0.1, 0.15) is 59.3 Å². The lowest BCUT2D eigenvalue weighted by molar-refractivity contribution is 0.0294. The molecule has 3 heterocycles. The Morgan fingerprint density at radius 3 is 2.71 bits per heavy atom. The molecule has 1 amide bonds. The number of aromatic nitrogens is 1. The molecular formula is C15H20N2O4. The number of ether oxygens (including phenoxy) is 1. The predicted octanol–water partition coefficient (Wildman–Crippen LogP) is 1.90. The van der Waals surface area contributed by atoms with Gasteiger partial charge in [0.25, 0.3) is 5.91 Å². The van der Waals surface area contributed by atoms with Crippen LogP contribution < -0.4 is 0 Å². The molecule has 2 aliphatic heterocycles. The number of nitrogens with zero attached hydrogens (tertiary/aromatic N) is 2. The normalized spacial score (nSPS) is 25.0. The molecule has 1 saturated heterocycles. The fourth-order valence-corrected chi connectivity index (χ4v) is 3.37. The standard InChI is InChI=1S/C15H20N2O4/c1-9-4-3-5-16(9)14(18)12-8-11(15(19)20)13-10(2)21-7-6-17(12)13/h8-10H,3-7H2,1-2H3,(H,19,20)/t9-,10?/m0/s1. The Balaban J connectivity index is 2.05. The second-order valence-corrected chi connectivity index (χ2v) is 5.79. The first-order valence-corrected chi connectivity index (χ1v) is 7.40. The maximum atomic E-state index is 12.7. The average molecular weight is 292 g/mol. The second-order valence-electron chi connectivity index (χ2n) is 5.79. The molecule has 114 valence electrons. The molecule has 2 aliphatic rings.